The molecule has 1 heterocycles. The van der Waals surface area contributed by atoms with Crippen molar-refractivity contribution in [1.29, 1.82) is 0 Å². The minimum atomic E-state index is -3.52. The van der Waals surface area contributed by atoms with Gasteiger partial charge in [-0.1, -0.05) is 31.2 Å². The Balaban J connectivity index is 1.56. The van der Waals surface area contributed by atoms with Crippen LogP contribution in [0, 0.1) is 5.92 Å². The maximum atomic E-state index is 12.9. The van der Waals surface area contributed by atoms with E-state index in [1.807, 2.05) is 0 Å². The Morgan fingerprint density at radius 3 is 2.38 bits per heavy atom. The van der Waals surface area contributed by atoms with Crippen LogP contribution in [0.25, 0.3) is 0 Å². The smallest absolute Gasteiger partial charge is 0.323 e. The van der Waals surface area contributed by atoms with Crippen molar-refractivity contribution in [3.63, 3.8) is 0 Å². The Bertz CT molecular complexity index is 1280. The lowest BCUT2D eigenvalue weighted by Crippen LogP contribution is -2.47. The zero-order valence-corrected chi connectivity index (χ0v) is 21.4. The number of hydrogen-bond acceptors (Lipinski definition) is 6. The van der Waals surface area contributed by atoms with Gasteiger partial charge in [0.05, 0.1) is 22.9 Å². The predicted molar refractivity (Wildman–Crippen MR) is 137 cm³/mol. The van der Waals surface area contributed by atoms with Gasteiger partial charge < -0.3 is 26.0 Å². The van der Waals surface area contributed by atoms with Crippen molar-refractivity contribution in [2.24, 2.45) is 5.92 Å². The molecule has 0 aromatic heterocycles. The Hall–Kier alpha value is -3.93. The van der Waals surface area contributed by atoms with Crippen LogP contribution in [0.1, 0.15) is 25.3 Å². The molecule has 12 heteroatoms. The van der Waals surface area contributed by atoms with Gasteiger partial charge in [-0.25, -0.2) is 13.2 Å². The van der Waals surface area contributed by atoms with Gasteiger partial charge in [-0.15, -0.1) is 0 Å². The molecule has 1 aliphatic rings. The first kappa shape index (κ1) is 27.7. The predicted octanol–water partition coefficient (Wildman–Crippen LogP) is 2.10. The van der Waals surface area contributed by atoms with E-state index < -0.39 is 33.8 Å². The molecular formula is C25H30N4O7S. The number of carbonyl (C=O) groups excluding carboxylic acids is 3. The molecule has 0 aliphatic carbocycles. The van der Waals surface area contributed by atoms with Crippen LogP contribution in [0.4, 0.5) is 16.2 Å². The van der Waals surface area contributed by atoms with E-state index in [1.165, 1.54) is 24.0 Å². The van der Waals surface area contributed by atoms with Gasteiger partial charge >= 0.3 is 12.0 Å². The first-order chi connectivity index (χ1) is 17.5. The molecule has 0 radical (unpaired) electrons. The molecule has 4 N–H and O–H groups in total. The number of urea groups is 1. The second-order valence-electron chi connectivity index (χ2n) is 8.95. The second kappa shape index (κ2) is 11.9. The van der Waals surface area contributed by atoms with Gasteiger partial charge in [-0.05, 0) is 42.7 Å². The summed E-state index contributed by atoms with van der Waals surface area (Å²) < 4.78 is 23.8. The van der Waals surface area contributed by atoms with Crippen LogP contribution < -0.4 is 16.0 Å². The number of amides is 4. The van der Waals surface area contributed by atoms with E-state index >= 15 is 0 Å². The second-order valence-corrected chi connectivity index (χ2v) is 10.9. The Labute approximate surface area is 215 Å². The lowest BCUT2D eigenvalue weighted by Gasteiger charge is -2.24. The van der Waals surface area contributed by atoms with Gasteiger partial charge in [0.1, 0.15) is 6.04 Å². The molecule has 1 aliphatic heterocycles. The number of nitrogens with one attached hydrogen (secondary N) is 3. The fourth-order valence-corrected chi connectivity index (χ4v) is 4.80. The van der Waals surface area contributed by atoms with Crippen LogP contribution in [-0.2, 0) is 30.6 Å². The summed E-state index contributed by atoms with van der Waals surface area (Å²) in [5, 5.41) is 16.7. The first-order valence-electron chi connectivity index (χ1n) is 11.7. The van der Waals surface area contributed by atoms with Crippen LogP contribution in [0.2, 0.25) is 0 Å². The maximum Gasteiger partial charge on any atom is 0.323 e. The molecule has 3 rings (SSSR count). The number of rotatable bonds is 9. The van der Waals surface area contributed by atoms with Crippen molar-refractivity contribution >= 4 is 45.0 Å². The van der Waals surface area contributed by atoms with Gasteiger partial charge in [0.2, 0.25) is 11.8 Å². The molecule has 0 bridgehead atoms. The standard InChI is InChI=1S/C25H30N4O7S/c1-16(24(32)33)15-26-23(31)20-7-5-13-29(20)22(30)14-17-9-11-18(12-10-17)27-25(34)28-19-6-3-4-8-21(19)37(2,35)36/h3-4,6,8-12,16,20H,5,7,13-15H2,1-2H3,(H,26,31)(H,32,33)(H2,27,28,34)/t16-,20+/m1/s1. The van der Waals surface area contributed by atoms with Crippen molar-refractivity contribution in [1.82, 2.24) is 10.2 Å². The number of hydrogen-bond donors (Lipinski definition) is 4. The molecular weight excluding hydrogens is 500 g/mol. The SMILES string of the molecule is C[C@H](CNC(=O)[C@@H]1CCCN1C(=O)Cc1ccc(NC(=O)Nc2ccccc2S(C)(=O)=O)cc1)C(=O)O. The number of aliphatic carboxylic acids is 1. The van der Waals surface area contributed by atoms with E-state index in [0.717, 1.165) is 6.26 Å². The number of carboxylic acid groups (broad SMARTS) is 1. The monoisotopic (exact) mass is 530 g/mol. The molecule has 2 aromatic carbocycles. The van der Waals surface area contributed by atoms with E-state index in [2.05, 4.69) is 16.0 Å². The number of anilines is 2. The molecule has 11 nitrogen and oxygen atoms in total. The number of carbonyl (C=O) groups is 4. The Kier molecular flexibility index (Phi) is 8.87. The van der Waals surface area contributed by atoms with E-state index in [4.69, 9.17) is 5.11 Å². The summed E-state index contributed by atoms with van der Waals surface area (Å²) >= 11 is 0. The van der Waals surface area contributed by atoms with E-state index in [0.29, 0.717) is 30.6 Å². The highest BCUT2D eigenvalue weighted by Gasteiger charge is 2.34. The summed E-state index contributed by atoms with van der Waals surface area (Å²) in [7, 11) is -3.52. The fourth-order valence-electron chi connectivity index (χ4n) is 3.96. The van der Waals surface area contributed by atoms with E-state index in [9.17, 15) is 27.6 Å². The average Bonchev–Trinajstić information content (AvgIpc) is 3.33. The first-order valence-corrected chi connectivity index (χ1v) is 13.6. The number of carboxylic acids is 1. The number of nitrogens with zero attached hydrogens (tertiary/aromatic N) is 1. The molecule has 0 unspecified atom stereocenters. The molecule has 4 amide bonds. The van der Waals surface area contributed by atoms with Gasteiger partial charge in [0.15, 0.2) is 9.84 Å². The quantitative estimate of drug-likeness (QED) is 0.386. The third-order valence-electron chi connectivity index (χ3n) is 5.98. The van der Waals surface area contributed by atoms with Crippen LogP contribution in [0.3, 0.4) is 0 Å². The highest BCUT2D eigenvalue weighted by molar-refractivity contribution is 7.90. The summed E-state index contributed by atoms with van der Waals surface area (Å²) in [4.78, 5) is 50.3. The summed E-state index contributed by atoms with van der Waals surface area (Å²) in [6, 6.07) is 11.4. The van der Waals surface area contributed by atoms with Crippen LogP contribution in [0.15, 0.2) is 53.4 Å². The summed E-state index contributed by atoms with van der Waals surface area (Å²) in [6.07, 6.45) is 2.31. The highest BCUT2D eigenvalue weighted by Crippen LogP contribution is 2.22. The van der Waals surface area contributed by atoms with Crippen molar-refractivity contribution in [3.8, 4) is 0 Å². The van der Waals surface area contributed by atoms with Gasteiger partial charge in [-0.2, -0.15) is 0 Å². The molecule has 1 saturated heterocycles. The molecule has 37 heavy (non-hydrogen) atoms. The van der Waals surface area contributed by atoms with Crippen LogP contribution in [-0.4, -0.2) is 67.6 Å². The summed E-state index contributed by atoms with van der Waals surface area (Å²) in [6.45, 7) is 1.94. The largest absolute Gasteiger partial charge is 0.481 e. The molecule has 0 spiro atoms. The fraction of sp³-hybridized carbons (Fsp3) is 0.360. The van der Waals surface area contributed by atoms with Crippen molar-refractivity contribution in [2.75, 3.05) is 30.0 Å². The number of benzene rings is 2. The summed E-state index contributed by atoms with van der Waals surface area (Å²) in [5.74, 6) is -2.31. The number of para-hydroxylation sites is 1. The highest BCUT2D eigenvalue weighted by atomic mass is 32.2. The lowest BCUT2D eigenvalue weighted by molar-refractivity contribution is -0.142. The van der Waals surface area contributed by atoms with Crippen LogP contribution in [0.5, 0.6) is 0 Å². The Morgan fingerprint density at radius 2 is 1.73 bits per heavy atom. The van der Waals surface area contributed by atoms with Crippen molar-refractivity contribution in [3.05, 3.63) is 54.1 Å². The lowest BCUT2D eigenvalue weighted by atomic mass is 10.1. The zero-order chi connectivity index (χ0) is 27.2. The topological polar surface area (TPSA) is 162 Å². The van der Waals surface area contributed by atoms with Crippen LogP contribution >= 0.6 is 0 Å². The maximum absolute atomic E-state index is 12.9. The number of likely N-dealkylation sites (tertiary alicyclic amines) is 1. The van der Waals surface area contributed by atoms with Gasteiger partial charge in [0.25, 0.3) is 0 Å². The minimum Gasteiger partial charge on any atom is -0.481 e. The molecule has 198 valence electrons. The van der Waals surface area contributed by atoms with E-state index in [1.54, 1.807) is 36.4 Å². The van der Waals surface area contributed by atoms with Crippen molar-refractivity contribution < 1.29 is 32.7 Å². The molecule has 2 aromatic rings. The van der Waals surface area contributed by atoms with Crippen molar-refractivity contribution in [2.45, 2.75) is 37.1 Å². The minimum absolute atomic E-state index is 0.00399. The van der Waals surface area contributed by atoms with Gasteiger partial charge in [0, 0.05) is 25.0 Å². The number of sulfone groups is 1. The van der Waals surface area contributed by atoms with Gasteiger partial charge in [-0.3, -0.25) is 14.4 Å². The average molecular weight is 531 g/mol. The zero-order valence-electron chi connectivity index (χ0n) is 20.6. The molecule has 2 atom stereocenters. The van der Waals surface area contributed by atoms with E-state index in [-0.39, 0.29) is 35.4 Å². The molecule has 1 fully saturated rings. The normalized spacial score (nSPS) is 16.1. The molecule has 0 saturated carbocycles. The summed E-state index contributed by atoms with van der Waals surface area (Å²) in [5.41, 5.74) is 1.28. The third kappa shape index (κ3) is 7.53. The Morgan fingerprint density at radius 1 is 1.05 bits per heavy atom. The third-order valence-corrected chi connectivity index (χ3v) is 7.14.